The molecule has 0 heterocycles. The first kappa shape index (κ1) is 15.9. The quantitative estimate of drug-likeness (QED) is 0.891. The number of hydrogen-bond donors (Lipinski definition) is 1. The average molecular weight is 299 g/mol. The molecule has 2 aromatic carbocycles. The summed E-state index contributed by atoms with van der Waals surface area (Å²) in [5.41, 5.74) is 2.00. The van der Waals surface area contributed by atoms with Crippen LogP contribution in [0.4, 0.5) is 0 Å². The van der Waals surface area contributed by atoms with Crippen LogP contribution >= 0.6 is 0 Å². The molecule has 0 spiro atoms. The second-order valence-corrected chi connectivity index (χ2v) is 5.09. The highest BCUT2D eigenvalue weighted by atomic mass is 16.5. The van der Waals surface area contributed by atoms with Gasteiger partial charge in [0.05, 0.1) is 26.7 Å². The van der Waals surface area contributed by atoms with Crippen molar-refractivity contribution in [2.24, 2.45) is 0 Å². The van der Waals surface area contributed by atoms with Crippen LogP contribution in [0.5, 0.6) is 11.5 Å². The predicted octanol–water partition coefficient (Wildman–Crippen LogP) is 3.12. The third kappa shape index (κ3) is 4.25. The predicted molar refractivity (Wildman–Crippen MR) is 86.2 cm³/mol. The highest BCUT2D eigenvalue weighted by Crippen LogP contribution is 2.17. The molecule has 0 aliphatic rings. The Labute approximate surface area is 131 Å². The summed E-state index contributed by atoms with van der Waals surface area (Å²) in [6.45, 7) is 1.97. The summed E-state index contributed by atoms with van der Waals surface area (Å²) in [4.78, 5) is 12.1. The summed E-state index contributed by atoms with van der Waals surface area (Å²) in [6, 6.07) is 15.2. The maximum absolute atomic E-state index is 12.1. The van der Waals surface area contributed by atoms with Gasteiger partial charge in [0.25, 0.3) is 0 Å². The zero-order valence-corrected chi connectivity index (χ0v) is 13.1. The Bertz CT molecular complexity index is 605. The van der Waals surface area contributed by atoms with Gasteiger partial charge in [-0.25, -0.2) is 0 Å². The van der Waals surface area contributed by atoms with Crippen molar-refractivity contribution in [3.8, 4) is 11.5 Å². The Kier molecular flexibility index (Phi) is 5.42. The van der Waals surface area contributed by atoms with Crippen LogP contribution in [0.3, 0.4) is 0 Å². The third-order valence-electron chi connectivity index (χ3n) is 3.52. The van der Waals surface area contributed by atoms with Crippen molar-refractivity contribution >= 4 is 5.91 Å². The Morgan fingerprint density at radius 3 is 1.95 bits per heavy atom. The van der Waals surface area contributed by atoms with Crippen molar-refractivity contribution in [3.05, 3.63) is 59.7 Å². The molecule has 0 aromatic heterocycles. The van der Waals surface area contributed by atoms with Gasteiger partial charge in [0.1, 0.15) is 11.5 Å². The van der Waals surface area contributed by atoms with E-state index in [-0.39, 0.29) is 11.9 Å². The normalized spacial score (nSPS) is 11.6. The van der Waals surface area contributed by atoms with Gasteiger partial charge >= 0.3 is 0 Å². The third-order valence-corrected chi connectivity index (χ3v) is 3.52. The topological polar surface area (TPSA) is 47.6 Å². The van der Waals surface area contributed by atoms with Crippen molar-refractivity contribution in [1.82, 2.24) is 5.32 Å². The van der Waals surface area contributed by atoms with Crippen molar-refractivity contribution in [1.29, 1.82) is 0 Å². The molecule has 0 aliphatic carbocycles. The summed E-state index contributed by atoms with van der Waals surface area (Å²) in [5, 5.41) is 3.00. The number of methoxy groups -OCH3 is 2. The molecule has 4 heteroatoms. The molecule has 1 N–H and O–H groups in total. The number of hydrogen-bond acceptors (Lipinski definition) is 3. The first-order chi connectivity index (χ1) is 10.6. The molecule has 0 saturated heterocycles. The number of rotatable bonds is 6. The minimum atomic E-state index is -0.0448. The fourth-order valence-electron chi connectivity index (χ4n) is 2.20. The summed E-state index contributed by atoms with van der Waals surface area (Å²) < 4.78 is 10.2. The van der Waals surface area contributed by atoms with E-state index in [4.69, 9.17) is 9.47 Å². The Morgan fingerprint density at radius 1 is 0.955 bits per heavy atom. The zero-order valence-electron chi connectivity index (χ0n) is 13.1. The monoisotopic (exact) mass is 299 g/mol. The number of nitrogens with one attached hydrogen (secondary N) is 1. The maximum atomic E-state index is 12.1. The summed E-state index contributed by atoms with van der Waals surface area (Å²) in [5.74, 6) is 1.59. The van der Waals surface area contributed by atoms with E-state index >= 15 is 0 Å². The number of carbonyl (C=O) groups is 1. The molecule has 0 aliphatic heterocycles. The van der Waals surface area contributed by atoms with Gasteiger partial charge in [-0.3, -0.25) is 4.79 Å². The lowest BCUT2D eigenvalue weighted by Crippen LogP contribution is -2.28. The molecule has 0 radical (unpaired) electrons. The molecule has 0 unspecified atom stereocenters. The fourth-order valence-corrected chi connectivity index (χ4v) is 2.20. The van der Waals surface area contributed by atoms with Gasteiger partial charge in [-0.15, -0.1) is 0 Å². The first-order valence-corrected chi connectivity index (χ1v) is 7.18. The van der Waals surface area contributed by atoms with E-state index in [1.54, 1.807) is 14.2 Å². The maximum Gasteiger partial charge on any atom is 0.224 e. The van der Waals surface area contributed by atoms with Gasteiger partial charge < -0.3 is 14.8 Å². The lowest BCUT2D eigenvalue weighted by molar-refractivity contribution is -0.121. The molecule has 0 fully saturated rings. The molecule has 22 heavy (non-hydrogen) atoms. The molecule has 2 aromatic rings. The van der Waals surface area contributed by atoms with Gasteiger partial charge in [-0.1, -0.05) is 24.3 Å². The van der Waals surface area contributed by atoms with E-state index in [1.165, 1.54) is 0 Å². The molecular formula is C18H21NO3. The minimum Gasteiger partial charge on any atom is -0.497 e. The van der Waals surface area contributed by atoms with Crippen LogP contribution in [-0.4, -0.2) is 20.1 Å². The van der Waals surface area contributed by atoms with E-state index in [0.29, 0.717) is 6.42 Å². The van der Waals surface area contributed by atoms with Crippen LogP contribution in [0.15, 0.2) is 48.5 Å². The van der Waals surface area contributed by atoms with E-state index in [9.17, 15) is 4.79 Å². The molecule has 1 atom stereocenters. The van der Waals surface area contributed by atoms with Crippen LogP contribution in [-0.2, 0) is 11.2 Å². The van der Waals surface area contributed by atoms with E-state index < -0.39 is 0 Å². The molecule has 2 rings (SSSR count). The Morgan fingerprint density at radius 2 is 1.45 bits per heavy atom. The van der Waals surface area contributed by atoms with E-state index in [1.807, 2.05) is 55.5 Å². The standard InChI is InChI=1S/C18H21NO3/c1-13(15-6-10-17(22-3)11-7-15)19-18(20)12-14-4-8-16(21-2)9-5-14/h4-11,13H,12H2,1-3H3,(H,19,20)/t13-/m1/s1. The highest BCUT2D eigenvalue weighted by molar-refractivity contribution is 5.79. The molecular weight excluding hydrogens is 278 g/mol. The second-order valence-electron chi connectivity index (χ2n) is 5.09. The molecule has 0 saturated carbocycles. The number of benzene rings is 2. The SMILES string of the molecule is COc1ccc(CC(=O)N[C@H](C)c2ccc(OC)cc2)cc1. The first-order valence-electron chi connectivity index (χ1n) is 7.18. The van der Waals surface area contributed by atoms with Gasteiger partial charge in [0.15, 0.2) is 0 Å². The Balaban J connectivity index is 1.92. The Hall–Kier alpha value is -2.49. The van der Waals surface area contributed by atoms with Gasteiger partial charge in [0, 0.05) is 0 Å². The minimum absolute atomic E-state index is 0.00603. The van der Waals surface area contributed by atoms with Crippen molar-refractivity contribution in [2.75, 3.05) is 14.2 Å². The van der Waals surface area contributed by atoms with Crippen LogP contribution in [0, 0.1) is 0 Å². The summed E-state index contributed by atoms with van der Waals surface area (Å²) in [6.07, 6.45) is 0.352. The van der Waals surface area contributed by atoms with Gasteiger partial charge in [0.2, 0.25) is 5.91 Å². The molecule has 116 valence electrons. The number of amides is 1. The van der Waals surface area contributed by atoms with Crippen molar-refractivity contribution in [3.63, 3.8) is 0 Å². The largest absolute Gasteiger partial charge is 0.497 e. The van der Waals surface area contributed by atoms with Gasteiger partial charge in [-0.2, -0.15) is 0 Å². The number of ether oxygens (including phenoxy) is 2. The highest BCUT2D eigenvalue weighted by Gasteiger charge is 2.10. The van der Waals surface area contributed by atoms with E-state index in [2.05, 4.69) is 5.32 Å². The molecule has 0 bridgehead atoms. The van der Waals surface area contributed by atoms with Gasteiger partial charge in [-0.05, 0) is 42.3 Å². The van der Waals surface area contributed by atoms with Crippen molar-refractivity contribution in [2.45, 2.75) is 19.4 Å². The van der Waals surface area contributed by atoms with Crippen molar-refractivity contribution < 1.29 is 14.3 Å². The zero-order chi connectivity index (χ0) is 15.9. The summed E-state index contributed by atoms with van der Waals surface area (Å²) >= 11 is 0. The van der Waals surface area contributed by atoms with Crippen LogP contribution in [0.25, 0.3) is 0 Å². The second kappa shape index (κ2) is 7.50. The van der Waals surface area contributed by atoms with E-state index in [0.717, 1.165) is 22.6 Å². The van der Waals surface area contributed by atoms with Crippen LogP contribution < -0.4 is 14.8 Å². The molecule has 1 amide bonds. The average Bonchev–Trinajstić information content (AvgIpc) is 2.55. The lowest BCUT2D eigenvalue weighted by Gasteiger charge is -2.15. The lowest BCUT2D eigenvalue weighted by atomic mass is 10.1. The summed E-state index contributed by atoms with van der Waals surface area (Å²) in [7, 11) is 3.26. The van der Waals surface area contributed by atoms with Crippen LogP contribution in [0.1, 0.15) is 24.1 Å². The molecule has 4 nitrogen and oxygen atoms in total. The fraction of sp³-hybridized carbons (Fsp3) is 0.278. The van der Waals surface area contributed by atoms with Crippen LogP contribution in [0.2, 0.25) is 0 Å². The number of carbonyl (C=O) groups excluding carboxylic acids is 1. The smallest absolute Gasteiger partial charge is 0.224 e.